The van der Waals surface area contributed by atoms with Crippen molar-refractivity contribution >= 4 is 45.1 Å². The van der Waals surface area contributed by atoms with Gasteiger partial charge in [0.15, 0.2) is 0 Å². The van der Waals surface area contributed by atoms with Crippen molar-refractivity contribution < 1.29 is 28.4 Å². The summed E-state index contributed by atoms with van der Waals surface area (Å²) in [6.07, 6.45) is 9.19. The van der Waals surface area contributed by atoms with Crippen LogP contribution in [0.15, 0.2) is 28.2 Å². The van der Waals surface area contributed by atoms with Crippen LogP contribution in [0.25, 0.3) is 32.7 Å². The molecule has 0 saturated heterocycles. The monoisotopic (exact) mass is 733 g/mol. The van der Waals surface area contributed by atoms with E-state index in [0.29, 0.717) is 24.3 Å². The van der Waals surface area contributed by atoms with Crippen molar-refractivity contribution in [3.8, 4) is 34.5 Å². The van der Waals surface area contributed by atoms with Crippen LogP contribution in [0, 0.1) is 20.8 Å². The zero-order chi connectivity index (χ0) is 38.1. The first kappa shape index (κ1) is 36.8. The number of aromatic nitrogens is 3. The van der Waals surface area contributed by atoms with E-state index in [1.54, 1.807) is 42.7 Å². The molecule has 0 saturated carbocycles. The van der Waals surface area contributed by atoms with Crippen LogP contribution >= 0.6 is 0 Å². The van der Waals surface area contributed by atoms with Crippen molar-refractivity contribution in [2.45, 2.75) is 59.3 Å². The highest BCUT2D eigenvalue weighted by Gasteiger charge is 2.25. The molecule has 0 amide bonds. The van der Waals surface area contributed by atoms with Crippen molar-refractivity contribution in [1.82, 2.24) is 15.0 Å². The molecule has 11 heteroatoms. The Morgan fingerprint density at radius 3 is 1.24 bits per heavy atom. The number of rotatable bonds is 6. The molecule has 3 aromatic heterocycles. The zero-order valence-corrected chi connectivity index (χ0v) is 32.9. The third-order valence-corrected chi connectivity index (χ3v) is 11.0. The molecule has 7 rings (SSSR count). The Bertz CT molecular complexity index is 2410. The topological polar surface area (TPSA) is 127 Å². The normalized spacial score (nSPS) is 14.0. The molecule has 0 aliphatic carbocycles. The highest BCUT2D eigenvalue weighted by atomic mass is 16.5. The molecular formula is C43H51N5O6. The minimum atomic E-state index is 0.566. The van der Waals surface area contributed by atoms with Gasteiger partial charge in [0, 0.05) is 95.4 Å². The summed E-state index contributed by atoms with van der Waals surface area (Å²) in [5.41, 5.74) is 12.2. The predicted molar refractivity (Wildman–Crippen MR) is 217 cm³/mol. The summed E-state index contributed by atoms with van der Waals surface area (Å²) < 4.78 is 35.6. The minimum Gasteiger partial charge on any atom is -0.496 e. The van der Waals surface area contributed by atoms with Gasteiger partial charge in [0.1, 0.15) is 34.5 Å². The molecule has 0 unspecified atom stereocenters. The number of aliphatic imine (C=N–C) groups is 2. The second kappa shape index (κ2) is 15.4. The van der Waals surface area contributed by atoms with Crippen LogP contribution in [-0.4, -0.2) is 83.1 Å². The lowest BCUT2D eigenvalue weighted by Gasteiger charge is -2.13. The predicted octanol–water partition coefficient (Wildman–Crippen LogP) is 8.70. The van der Waals surface area contributed by atoms with E-state index in [1.165, 1.54) is 0 Å². The van der Waals surface area contributed by atoms with Crippen LogP contribution < -0.4 is 28.4 Å². The van der Waals surface area contributed by atoms with Crippen molar-refractivity contribution in [2.75, 3.05) is 55.7 Å². The quantitative estimate of drug-likeness (QED) is 0.157. The van der Waals surface area contributed by atoms with E-state index < -0.39 is 0 Å². The molecule has 1 aliphatic rings. The summed E-state index contributed by atoms with van der Waals surface area (Å²) in [7, 11) is 10.2. The second-order valence-electron chi connectivity index (χ2n) is 13.9. The first-order chi connectivity index (χ1) is 26.3. The van der Waals surface area contributed by atoms with Gasteiger partial charge >= 0.3 is 0 Å². The number of fused-ring (bicyclic) bond motifs is 3. The van der Waals surface area contributed by atoms with Crippen molar-refractivity contribution in [1.29, 1.82) is 0 Å². The average molecular weight is 734 g/mol. The van der Waals surface area contributed by atoms with Crippen LogP contribution in [-0.2, 0) is 12.8 Å². The van der Waals surface area contributed by atoms with Crippen molar-refractivity contribution in [3.63, 3.8) is 0 Å². The van der Waals surface area contributed by atoms with Gasteiger partial charge in [-0.25, -0.2) is 0 Å². The highest BCUT2D eigenvalue weighted by Crippen LogP contribution is 2.44. The molecule has 0 spiro atoms. The van der Waals surface area contributed by atoms with Crippen LogP contribution in [0.3, 0.4) is 0 Å². The molecule has 11 nitrogen and oxygen atoms in total. The maximum atomic E-state index is 6.06. The first-order valence-electron chi connectivity index (χ1n) is 18.5. The molecule has 4 heterocycles. The summed E-state index contributed by atoms with van der Waals surface area (Å²) in [6.45, 7) is 7.87. The number of aryl methyl sites for hydroxylation is 3. The van der Waals surface area contributed by atoms with Gasteiger partial charge in [-0.2, -0.15) is 0 Å². The summed E-state index contributed by atoms with van der Waals surface area (Å²) in [6, 6.07) is 5.90. The van der Waals surface area contributed by atoms with Gasteiger partial charge < -0.3 is 43.4 Å². The Hall–Kier alpha value is -5.58. The molecule has 6 aromatic rings. The van der Waals surface area contributed by atoms with E-state index in [1.807, 2.05) is 30.6 Å². The maximum absolute atomic E-state index is 6.06. The zero-order valence-electron chi connectivity index (χ0n) is 32.9. The fourth-order valence-electron chi connectivity index (χ4n) is 8.07. The number of aromatic amines is 3. The number of ether oxygens (including phenoxy) is 6. The fourth-order valence-corrected chi connectivity index (χ4v) is 8.07. The summed E-state index contributed by atoms with van der Waals surface area (Å²) in [5.74, 6) is 4.41. The van der Waals surface area contributed by atoms with E-state index in [2.05, 4.69) is 35.7 Å². The summed E-state index contributed by atoms with van der Waals surface area (Å²) in [4.78, 5) is 21.1. The number of nitrogens with one attached hydrogen (secondary N) is 3. The fraction of sp³-hybridized carbons (Fsp3) is 0.395. The highest BCUT2D eigenvalue weighted by molar-refractivity contribution is 6.06. The van der Waals surface area contributed by atoms with Gasteiger partial charge in [-0.1, -0.05) is 12.8 Å². The number of H-pyrrole nitrogens is 3. The van der Waals surface area contributed by atoms with Gasteiger partial charge in [0.25, 0.3) is 0 Å². The van der Waals surface area contributed by atoms with Gasteiger partial charge in [0.05, 0.1) is 70.3 Å². The van der Waals surface area contributed by atoms with Crippen molar-refractivity contribution in [2.24, 2.45) is 9.98 Å². The number of benzene rings is 3. The number of hydrogen-bond acceptors (Lipinski definition) is 8. The van der Waals surface area contributed by atoms with E-state index in [-0.39, 0.29) is 0 Å². The van der Waals surface area contributed by atoms with E-state index in [9.17, 15) is 0 Å². The molecule has 6 bridgehead atoms. The minimum absolute atomic E-state index is 0.566. The second-order valence-corrected chi connectivity index (χ2v) is 13.9. The molecule has 0 atom stereocenters. The molecule has 3 aromatic carbocycles. The van der Waals surface area contributed by atoms with Crippen molar-refractivity contribution in [3.05, 3.63) is 68.7 Å². The largest absolute Gasteiger partial charge is 0.496 e. The van der Waals surface area contributed by atoms with E-state index >= 15 is 0 Å². The van der Waals surface area contributed by atoms with Crippen LogP contribution in [0.2, 0.25) is 0 Å². The van der Waals surface area contributed by atoms with E-state index in [4.69, 9.17) is 38.4 Å². The lowest BCUT2D eigenvalue weighted by atomic mass is 9.99. The Balaban J connectivity index is 1.45. The number of nitrogens with zero attached hydrogens (tertiary/aromatic N) is 2. The van der Waals surface area contributed by atoms with Gasteiger partial charge in [-0.3, -0.25) is 9.98 Å². The molecule has 3 N–H and O–H groups in total. The lowest BCUT2D eigenvalue weighted by molar-refractivity contribution is 0.395. The Labute approximate surface area is 316 Å². The van der Waals surface area contributed by atoms with E-state index in [0.717, 1.165) is 145 Å². The molecule has 0 radical (unpaired) electrons. The standard InChI is InChI=1S/C43H51N5O6/c1-23-29-16-26-32(49-4)18-35(52-7)38-24(2)30(47-41(26)38)17-31-25(3)40-37(54-9)20-34(51-6)28(43(40)48-31)22-45-15-13-11-10-12-14-44-21-27-33(50-5)19-36(53-8)39(23)42(27)46-29/h18-22,46-48H,10-17H2,1-9H3. The van der Waals surface area contributed by atoms with Gasteiger partial charge in [-0.05, 0) is 50.3 Å². The number of methoxy groups -OCH3 is 6. The molecule has 0 fully saturated rings. The third-order valence-electron chi connectivity index (χ3n) is 11.0. The SMILES string of the molecule is COc1cc(OC)c2c(C)c3[nH]c2c1C=NCCCCCCN=Cc1c(OC)cc(OC)c2c(C)c([nH]c12)Cc1c(OC)cc(OC)c2c(C)c([nH]c12)C3. The van der Waals surface area contributed by atoms with Crippen LogP contribution in [0.1, 0.15) is 76.1 Å². The number of hydrogen-bond donors (Lipinski definition) is 3. The smallest absolute Gasteiger partial charge is 0.133 e. The lowest BCUT2D eigenvalue weighted by Crippen LogP contribution is -1.99. The Morgan fingerprint density at radius 1 is 0.444 bits per heavy atom. The molecule has 284 valence electrons. The van der Waals surface area contributed by atoms with Gasteiger partial charge in [0.2, 0.25) is 0 Å². The summed E-state index contributed by atoms with van der Waals surface area (Å²) in [5, 5.41) is 3.05. The van der Waals surface area contributed by atoms with Crippen LogP contribution in [0.4, 0.5) is 0 Å². The molecular weight excluding hydrogens is 683 g/mol. The third kappa shape index (κ3) is 6.29. The Kier molecular flexibility index (Phi) is 10.5. The summed E-state index contributed by atoms with van der Waals surface area (Å²) >= 11 is 0. The van der Waals surface area contributed by atoms with Crippen LogP contribution in [0.5, 0.6) is 34.5 Å². The molecule has 54 heavy (non-hydrogen) atoms. The first-order valence-corrected chi connectivity index (χ1v) is 18.5. The Morgan fingerprint density at radius 2 is 0.815 bits per heavy atom. The average Bonchev–Trinajstić information content (AvgIpc) is 3.81. The van der Waals surface area contributed by atoms with Gasteiger partial charge in [-0.15, -0.1) is 0 Å². The maximum Gasteiger partial charge on any atom is 0.133 e. The molecule has 1 aliphatic heterocycles.